The molecule has 0 aromatic carbocycles. The molecule has 0 atom stereocenters. The number of carbonyl (C=O) groups excluding carboxylic acids is 2. The van der Waals surface area contributed by atoms with Crippen LogP contribution in [0.2, 0.25) is 0 Å². The quantitative estimate of drug-likeness (QED) is 0.241. The van der Waals surface area contributed by atoms with Crippen LogP contribution in [-0.4, -0.2) is 31.8 Å². The van der Waals surface area contributed by atoms with Crippen LogP contribution in [0.3, 0.4) is 0 Å². The summed E-state index contributed by atoms with van der Waals surface area (Å²) in [7, 11) is 0. The van der Waals surface area contributed by atoms with Gasteiger partial charge >= 0.3 is 12.9 Å². The molecule has 4 heteroatoms. The summed E-state index contributed by atoms with van der Waals surface area (Å²) >= 11 is 0. The van der Waals surface area contributed by atoms with E-state index in [1.165, 1.54) is 0 Å². The van der Waals surface area contributed by atoms with Crippen molar-refractivity contribution in [2.45, 2.75) is 0 Å². The minimum atomic E-state index is 0. The van der Waals surface area contributed by atoms with Gasteiger partial charge in [0, 0.05) is 18.9 Å². The van der Waals surface area contributed by atoms with E-state index in [0.717, 1.165) is 0 Å². The number of hydrogen-bond acceptors (Lipinski definition) is 3. The van der Waals surface area contributed by atoms with Gasteiger partial charge in [0.25, 0.3) is 0 Å². The zero-order valence-corrected chi connectivity index (χ0v) is 3.38. The number of carbonyl (C=O) groups is 2. The zero-order chi connectivity index (χ0) is 4.12. The molecule has 0 spiro atoms. The molecule has 0 aliphatic rings. The summed E-state index contributed by atoms with van der Waals surface area (Å²) in [5.74, 6) is 0. The maximum absolute atomic E-state index is 8.95. The summed E-state index contributed by atoms with van der Waals surface area (Å²) in [5, 5.41) is 0. The van der Waals surface area contributed by atoms with Crippen LogP contribution in [0.5, 0.6) is 0 Å². The molecule has 1 radical (unpaired) electrons. The van der Waals surface area contributed by atoms with Gasteiger partial charge < -0.3 is 4.74 Å². The molecular weight excluding hydrogens is 79.0 g/mol. The van der Waals surface area contributed by atoms with E-state index in [4.69, 9.17) is 9.59 Å². The van der Waals surface area contributed by atoms with Gasteiger partial charge in [-0.05, 0) is 0 Å². The topological polar surface area (TPSA) is 43.4 Å². The van der Waals surface area contributed by atoms with Crippen LogP contribution in [0.4, 0.5) is 0 Å². The molecule has 0 saturated carbocycles. The van der Waals surface area contributed by atoms with Crippen LogP contribution < -0.4 is 0 Å². The molecule has 0 aromatic heterocycles. The number of rotatable bonds is 2. The first-order valence-electron chi connectivity index (χ1n) is 0.943. The average Bonchev–Trinajstić information content (AvgIpc) is 1.41. The Kier molecular flexibility index (Phi) is 13.6. The third-order valence-corrected chi connectivity index (χ3v) is 0.111. The summed E-state index contributed by atoms with van der Waals surface area (Å²) in [6, 6.07) is 0. The maximum Gasteiger partial charge on any atom is 0.300 e. The van der Waals surface area contributed by atoms with E-state index in [-0.39, 0.29) is 31.8 Å². The molecule has 6 heavy (non-hydrogen) atoms. The van der Waals surface area contributed by atoms with Gasteiger partial charge in [-0.25, -0.2) is 0 Å². The summed E-state index contributed by atoms with van der Waals surface area (Å²) in [4.78, 5) is 17.9. The van der Waals surface area contributed by atoms with Crippen LogP contribution in [0.1, 0.15) is 0 Å². The Morgan fingerprint density at radius 1 is 1.17 bits per heavy atom. The van der Waals surface area contributed by atoms with E-state index in [2.05, 4.69) is 4.74 Å². The van der Waals surface area contributed by atoms with Crippen molar-refractivity contribution in [3.05, 3.63) is 0 Å². The summed E-state index contributed by atoms with van der Waals surface area (Å²) in [5.41, 5.74) is 0. The van der Waals surface area contributed by atoms with E-state index < -0.39 is 0 Å². The first-order chi connectivity index (χ1) is 2.41. The van der Waals surface area contributed by atoms with Gasteiger partial charge in [0.2, 0.25) is 0 Å². The monoisotopic (exact) mass is 81.0 g/mol. The Morgan fingerprint density at radius 2 is 1.50 bits per heavy atom. The van der Waals surface area contributed by atoms with Crippen molar-refractivity contribution in [3.8, 4) is 0 Å². The molecule has 0 bridgehead atoms. The third-order valence-electron chi connectivity index (χ3n) is 0.111. The minimum Gasteiger partial charge on any atom is -0.398 e. The fourth-order valence-electron chi connectivity index (χ4n) is 0.0227. The smallest absolute Gasteiger partial charge is 0.300 e. The van der Waals surface area contributed by atoms with Crippen molar-refractivity contribution in [2.24, 2.45) is 0 Å². The molecule has 0 amide bonds. The van der Waals surface area contributed by atoms with Gasteiger partial charge in [-0.1, -0.05) is 0 Å². The minimum absolute atomic E-state index is 0. The molecule has 0 aliphatic carbocycles. The fourth-order valence-corrected chi connectivity index (χ4v) is 0.0227. The molecule has 3 nitrogen and oxygen atoms in total. The zero-order valence-electron chi connectivity index (χ0n) is 3.38. The molecular formula is C2H2LiO3. The molecule has 29 valence electrons. The van der Waals surface area contributed by atoms with Gasteiger partial charge in [0.05, 0.1) is 0 Å². The third kappa shape index (κ3) is 9.28. The average molecular weight is 81.0 g/mol. The van der Waals surface area contributed by atoms with E-state index in [1.54, 1.807) is 0 Å². The predicted molar refractivity (Wildman–Crippen MR) is 19.0 cm³/mol. The molecule has 0 unspecified atom stereocenters. The van der Waals surface area contributed by atoms with E-state index in [1.807, 2.05) is 0 Å². The first kappa shape index (κ1) is 9.22. The van der Waals surface area contributed by atoms with Crippen molar-refractivity contribution in [2.75, 3.05) is 0 Å². The van der Waals surface area contributed by atoms with E-state index >= 15 is 0 Å². The van der Waals surface area contributed by atoms with Gasteiger partial charge in [-0.15, -0.1) is 0 Å². The largest absolute Gasteiger partial charge is 0.398 e. The van der Waals surface area contributed by atoms with E-state index in [9.17, 15) is 0 Å². The van der Waals surface area contributed by atoms with Crippen molar-refractivity contribution in [1.29, 1.82) is 0 Å². The molecule has 0 aliphatic heterocycles. The number of hydrogen-bond donors (Lipinski definition) is 0. The molecule has 0 N–H and O–H groups in total. The van der Waals surface area contributed by atoms with Crippen molar-refractivity contribution in [3.63, 3.8) is 0 Å². The standard InChI is InChI=1S/C2H2O3.Li/c3-1-5-2-4;/h1-2H;. The molecule has 0 saturated heterocycles. The van der Waals surface area contributed by atoms with Crippen LogP contribution in [-0.2, 0) is 14.3 Å². The van der Waals surface area contributed by atoms with Crippen molar-refractivity contribution >= 4 is 31.8 Å². The first-order valence-corrected chi connectivity index (χ1v) is 0.943. The van der Waals surface area contributed by atoms with Crippen LogP contribution in [0.25, 0.3) is 0 Å². The van der Waals surface area contributed by atoms with Gasteiger partial charge in [0.15, 0.2) is 0 Å². The second-order valence-electron chi connectivity index (χ2n) is 0.329. The normalized spacial score (nSPS) is 4.67. The second kappa shape index (κ2) is 8.83. The Balaban J connectivity index is 0. The molecule has 0 fully saturated rings. The van der Waals surface area contributed by atoms with Gasteiger partial charge in [0.1, 0.15) is 0 Å². The Labute approximate surface area is 46.8 Å². The molecule has 0 aromatic rings. The van der Waals surface area contributed by atoms with Gasteiger partial charge in [-0.3, -0.25) is 9.59 Å². The Hall–Kier alpha value is -0.263. The molecule has 0 heterocycles. The summed E-state index contributed by atoms with van der Waals surface area (Å²) in [6.07, 6.45) is 0. The van der Waals surface area contributed by atoms with Gasteiger partial charge in [-0.2, -0.15) is 0 Å². The van der Waals surface area contributed by atoms with Crippen LogP contribution in [0.15, 0.2) is 0 Å². The van der Waals surface area contributed by atoms with Crippen molar-refractivity contribution < 1.29 is 14.3 Å². The summed E-state index contributed by atoms with van der Waals surface area (Å²) in [6.45, 7) is 0.125. The Bertz CT molecular complexity index is 38.1. The second-order valence-corrected chi connectivity index (χ2v) is 0.329. The molecule has 0 rings (SSSR count). The van der Waals surface area contributed by atoms with Crippen molar-refractivity contribution in [1.82, 2.24) is 0 Å². The van der Waals surface area contributed by atoms with Crippen LogP contribution in [0, 0.1) is 0 Å². The predicted octanol–water partition coefficient (Wildman–Crippen LogP) is -1.07. The SMILES string of the molecule is O=COC=O.[Li]. The van der Waals surface area contributed by atoms with E-state index in [0.29, 0.717) is 0 Å². The maximum atomic E-state index is 8.95. The summed E-state index contributed by atoms with van der Waals surface area (Å²) < 4.78 is 3.47. The number of ether oxygens (including phenoxy) is 1. The Morgan fingerprint density at radius 3 is 1.50 bits per heavy atom. The van der Waals surface area contributed by atoms with Crippen LogP contribution >= 0.6 is 0 Å². The fraction of sp³-hybridized carbons (Fsp3) is 0.